The van der Waals surface area contributed by atoms with Crippen LogP contribution in [0.3, 0.4) is 0 Å². The third-order valence-corrected chi connectivity index (χ3v) is 2.03. The fourth-order valence-electron chi connectivity index (χ4n) is 0.650. The van der Waals surface area contributed by atoms with E-state index < -0.39 is 5.41 Å². The van der Waals surface area contributed by atoms with Gasteiger partial charge in [0, 0.05) is 5.41 Å². The van der Waals surface area contributed by atoms with Crippen molar-refractivity contribution in [1.29, 1.82) is 0 Å². The molecule has 0 aromatic carbocycles. The number of rotatable bonds is 0. The summed E-state index contributed by atoms with van der Waals surface area (Å²) in [5, 5.41) is 0. The maximum atomic E-state index is 11.5. The molecule has 12 heavy (non-hydrogen) atoms. The van der Waals surface area contributed by atoms with Crippen molar-refractivity contribution in [2.24, 2.45) is 5.41 Å². The predicted molar refractivity (Wildman–Crippen MR) is 46.5 cm³/mol. The summed E-state index contributed by atoms with van der Waals surface area (Å²) < 4.78 is 4.70. The molecular weight excluding hydrogens is 176 g/mol. The third-order valence-electron chi connectivity index (χ3n) is 1.32. The highest BCUT2D eigenvalue weighted by Gasteiger charge is 2.24. The van der Waals surface area contributed by atoms with E-state index >= 15 is 0 Å². The Bertz CT molecular complexity index is 345. The van der Waals surface area contributed by atoms with Gasteiger partial charge in [-0.25, -0.2) is 0 Å². The van der Waals surface area contributed by atoms with Gasteiger partial charge in [-0.2, -0.15) is 8.33 Å². The van der Waals surface area contributed by atoms with Crippen molar-refractivity contribution >= 4 is 17.6 Å². The van der Waals surface area contributed by atoms with Crippen LogP contribution >= 0.6 is 11.7 Å². The van der Waals surface area contributed by atoms with E-state index in [1.807, 2.05) is 0 Å². The molecule has 1 rings (SSSR count). The Balaban J connectivity index is 3.10. The average Bonchev–Trinajstić information content (AvgIpc) is 2.31. The van der Waals surface area contributed by atoms with Crippen molar-refractivity contribution in [3.05, 3.63) is 16.6 Å². The standard InChI is InChI=1S/C7H10N2O2S/c1-7(2,3)6(11)9-5(10)4-8-12-9/h4H,1-3H3. The molecule has 1 heterocycles. The molecule has 66 valence electrons. The maximum absolute atomic E-state index is 11.5. The van der Waals surface area contributed by atoms with Gasteiger partial charge in [0.05, 0.1) is 11.7 Å². The molecule has 0 aliphatic rings. The molecule has 0 saturated heterocycles. The molecule has 1 aromatic heterocycles. The lowest BCUT2D eigenvalue weighted by atomic mass is 9.96. The van der Waals surface area contributed by atoms with E-state index in [1.165, 1.54) is 0 Å². The smallest absolute Gasteiger partial charge is 0.272 e. The number of carbonyl (C=O) groups excluding carboxylic acids is 1. The average molecular weight is 186 g/mol. The van der Waals surface area contributed by atoms with Crippen LogP contribution in [0.4, 0.5) is 0 Å². The first-order chi connectivity index (χ1) is 5.43. The van der Waals surface area contributed by atoms with Crippen LogP contribution in [0.2, 0.25) is 0 Å². The maximum Gasteiger partial charge on any atom is 0.287 e. The molecule has 0 N–H and O–H groups in total. The van der Waals surface area contributed by atoms with E-state index in [-0.39, 0.29) is 11.5 Å². The second kappa shape index (κ2) is 2.82. The van der Waals surface area contributed by atoms with E-state index in [0.717, 1.165) is 21.9 Å². The van der Waals surface area contributed by atoms with Crippen molar-refractivity contribution in [1.82, 2.24) is 8.33 Å². The summed E-state index contributed by atoms with van der Waals surface area (Å²) in [4.78, 5) is 22.5. The van der Waals surface area contributed by atoms with Gasteiger partial charge in [-0.1, -0.05) is 20.8 Å². The Kier molecular flexibility index (Phi) is 2.14. The summed E-state index contributed by atoms with van der Waals surface area (Å²) >= 11 is 0.889. The second-order valence-corrected chi connectivity index (χ2v) is 4.24. The zero-order valence-corrected chi connectivity index (χ0v) is 8.01. The van der Waals surface area contributed by atoms with Crippen molar-refractivity contribution < 1.29 is 4.79 Å². The Morgan fingerprint density at radius 2 is 2.17 bits per heavy atom. The normalized spacial score (nSPS) is 11.6. The number of carbonyl (C=O) groups is 1. The number of hydrogen-bond acceptors (Lipinski definition) is 4. The number of hydrogen-bond donors (Lipinski definition) is 0. The van der Waals surface area contributed by atoms with Crippen molar-refractivity contribution in [3.8, 4) is 0 Å². The van der Waals surface area contributed by atoms with Gasteiger partial charge in [-0.05, 0) is 0 Å². The van der Waals surface area contributed by atoms with Gasteiger partial charge in [0.15, 0.2) is 0 Å². The van der Waals surface area contributed by atoms with Crippen LogP contribution in [-0.4, -0.2) is 14.2 Å². The molecule has 0 aliphatic carbocycles. The van der Waals surface area contributed by atoms with E-state index in [2.05, 4.69) is 4.37 Å². The van der Waals surface area contributed by atoms with Gasteiger partial charge in [-0.15, -0.1) is 0 Å². The van der Waals surface area contributed by atoms with Gasteiger partial charge in [0.2, 0.25) is 5.91 Å². The summed E-state index contributed by atoms with van der Waals surface area (Å²) in [5.74, 6) is -0.213. The largest absolute Gasteiger partial charge is 0.287 e. The van der Waals surface area contributed by atoms with Crippen molar-refractivity contribution in [3.63, 3.8) is 0 Å². The summed E-state index contributed by atoms with van der Waals surface area (Å²) in [6, 6.07) is 0. The predicted octanol–water partition coefficient (Wildman–Crippen LogP) is 0.991. The van der Waals surface area contributed by atoms with Crippen molar-refractivity contribution in [2.75, 3.05) is 0 Å². The van der Waals surface area contributed by atoms with Crippen LogP contribution in [0.1, 0.15) is 25.6 Å². The Morgan fingerprint density at radius 3 is 2.50 bits per heavy atom. The highest BCUT2D eigenvalue weighted by molar-refractivity contribution is 7.01. The Hall–Kier alpha value is -0.970. The van der Waals surface area contributed by atoms with Gasteiger partial charge in [0.25, 0.3) is 5.56 Å². The summed E-state index contributed by atoms with van der Waals surface area (Å²) in [6.45, 7) is 5.30. The van der Waals surface area contributed by atoms with Crippen LogP contribution < -0.4 is 5.56 Å². The highest BCUT2D eigenvalue weighted by atomic mass is 32.1. The second-order valence-electron chi connectivity index (χ2n) is 3.50. The fourth-order valence-corrected chi connectivity index (χ4v) is 1.36. The Labute approximate surface area is 74.2 Å². The van der Waals surface area contributed by atoms with E-state index in [9.17, 15) is 9.59 Å². The van der Waals surface area contributed by atoms with Crippen LogP contribution in [0.5, 0.6) is 0 Å². The molecule has 5 heteroatoms. The molecule has 1 aromatic rings. The zero-order chi connectivity index (χ0) is 9.35. The topological polar surface area (TPSA) is 52.0 Å². The van der Waals surface area contributed by atoms with Crippen LogP contribution in [0.25, 0.3) is 0 Å². The molecule has 0 spiro atoms. The Morgan fingerprint density at radius 1 is 1.58 bits per heavy atom. The lowest BCUT2D eigenvalue weighted by molar-refractivity contribution is 0.0777. The summed E-state index contributed by atoms with van der Waals surface area (Å²) in [7, 11) is 0. The van der Waals surface area contributed by atoms with E-state index in [4.69, 9.17) is 0 Å². The molecule has 0 bridgehead atoms. The zero-order valence-electron chi connectivity index (χ0n) is 7.20. The van der Waals surface area contributed by atoms with Crippen molar-refractivity contribution in [2.45, 2.75) is 20.8 Å². The molecule has 0 radical (unpaired) electrons. The number of nitrogens with zero attached hydrogens (tertiary/aromatic N) is 2. The first-order valence-corrected chi connectivity index (χ1v) is 4.25. The fraction of sp³-hybridized carbons (Fsp3) is 0.571. The van der Waals surface area contributed by atoms with Gasteiger partial charge in [0.1, 0.15) is 6.20 Å². The first-order valence-electron chi connectivity index (χ1n) is 3.52. The highest BCUT2D eigenvalue weighted by Crippen LogP contribution is 2.15. The minimum atomic E-state index is -0.531. The van der Waals surface area contributed by atoms with Gasteiger partial charge < -0.3 is 0 Å². The monoisotopic (exact) mass is 186 g/mol. The molecule has 0 unspecified atom stereocenters. The lowest BCUT2D eigenvalue weighted by Gasteiger charge is -2.14. The SMILES string of the molecule is CC(C)(C)C(=O)n1sncc1=O. The number of aromatic nitrogens is 2. The van der Waals surface area contributed by atoms with Gasteiger partial charge >= 0.3 is 0 Å². The molecule has 0 saturated carbocycles. The minimum absolute atomic E-state index is 0.213. The first kappa shape index (κ1) is 9.12. The molecule has 0 atom stereocenters. The van der Waals surface area contributed by atoms with Crippen LogP contribution in [-0.2, 0) is 0 Å². The summed E-state index contributed by atoms with van der Waals surface area (Å²) in [6.07, 6.45) is 1.15. The lowest BCUT2D eigenvalue weighted by Crippen LogP contribution is -2.31. The molecule has 0 aliphatic heterocycles. The molecule has 0 fully saturated rings. The van der Waals surface area contributed by atoms with E-state index in [0.29, 0.717) is 0 Å². The van der Waals surface area contributed by atoms with Gasteiger partial charge in [-0.3, -0.25) is 9.59 Å². The van der Waals surface area contributed by atoms with E-state index in [1.54, 1.807) is 20.8 Å². The van der Waals surface area contributed by atoms with Crippen LogP contribution in [0.15, 0.2) is 11.0 Å². The summed E-state index contributed by atoms with van der Waals surface area (Å²) in [5.41, 5.74) is -0.879. The molecule has 4 nitrogen and oxygen atoms in total. The quantitative estimate of drug-likeness (QED) is 0.607. The minimum Gasteiger partial charge on any atom is -0.272 e. The molecule has 0 amide bonds. The van der Waals surface area contributed by atoms with Crippen LogP contribution in [0, 0.1) is 5.41 Å². The molecular formula is C7H10N2O2S. The third kappa shape index (κ3) is 1.61.